The zero-order valence-electron chi connectivity index (χ0n) is 7.32. The van der Waals surface area contributed by atoms with Gasteiger partial charge in [-0.2, -0.15) is 0 Å². The molecule has 0 saturated carbocycles. The molecule has 0 aliphatic rings. The molecule has 0 aromatic rings. The normalized spacial score (nSPS) is 12.4. The maximum Gasteiger partial charge on any atom is 0.466 e. The average molecular weight is 229 g/mol. The van der Waals surface area contributed by atoms with Gasteiger partial charge in [0.05, 0.1) is 0 Å². The van der Waals surface area contributed by atoms with Gasteiger partial charge in [0, 0.05) is 6.42 Å². The number of nitrogens with two attached hydrogens (primary N) is 1. The molecule has 0 rings (SSSR count). The van der Waals surface area contributed by atoms with Gasteiger partial charge in [-0.05, 0) is 6.92 Å². The summed E-state index contributed by atoms with van der Waals surface area (Å²) in [6, 6.07) is -1.04. The third-order valence-electron chi connectivity index (χ3n) is 0.825. The molecule has 0 heterocycles. The minimum Gasteiger partial charge on any atom is -0.480 e. The highest BCUT2D eigenvalue weighted by Gasteiger charge is 2.12. The van der Waals surface area contributed by atoms with Crippen molar-refractivity contribution < 1.29 is 33.9 Å². The van der Waals surface area contributed by atoms with Gasteiger partial charge in [0.15, 0.2) is 0 Å². The molecule has 0 aliphatic heterocycles. The van der Waals surface area contributed by atoms with Crippen LogP contribution in [0.5, 0.6) is 0 Å². The number of Topliss-reactive ketones (excluding diaryl/α,β-unsaturated/α-hetero) is 1. The van der Waals surface area contributed by atoms with Crippen LogP contribution in [0.25, 0.3) is 0 Å². The molecule has 6 N–H and O–H groups in total. The van der Waals surface area contributed by atoms with E-state index in [9.17, 15) is 9.59 Å². The van der Waals surface area contributed by atoms with Crippen molar-refractivity contribution in [1.82, 2.24) is 0 Å². The van der Waals surface area contributed by atoms with Gasteiger partial charge in [0.1, 0.15) is 11.8 Å². The summed E-state index contributed by atoms with van der Waals surface area (Å²) in [7, 11) is -4.64. The number of aliphatic carboxylic acids is 1. The van der Waals surface area contributed by atoms with Crippen LogP contribution in [-0.4, -0.2) is 37.6 Å². The summed E-state index contributed by atoms with van der Waals surface area (Å²) in [5.41, 5.74) is 5.00. The molecule has 0 aromatic heterocycles. The van der Waals surface area contributed by atoms with Crippen LogP contribution in [0.4, 0.5) is 0 Å². The highest BCUT2D eigenvalue weighted by molar-refractivity contribution is 7.45. The molecule has 0 amide bonds. The topological polar surface area (TPSA) is 158 Å². The molecule has 0 radical (unpaired) electrons. The Balaban J connectivity index is 0. The molecule has 9 heteroatoms. The molecular weight excluding hydrogens is 217 g/mol. The van der Waals surface area contributed by atoms with E-state index in [-0.39, 0.29) is 12.2 Å². The predicted octanol–water partition coefficient (Wildman–Crippen LogP) is -1.55. The molecular formula is C5H12NO7P. The predicted molar refractivity (Wildman–Crippen MR) is 45.2 cm³/mol. The first kappa shape index (κ1) is 15.7. The Morgan fingerprint density at radius 1 is 1.36 bits per heavy atom. The van der Waals surface area contributed by atoms with Crippen molar-refractivity contribution >= 4 is 19.6 Å². The average Bonchev–Trinajstić information content (AvgIpc) is 1.80. The van der Waals surface area contributed by atoms with Gasteiger partial charge < -0.3 is 25.5 Å². The molecule has 0 spiro atoms. The van der Waals surface area contributed by atoms with Gasteiger partial charge in [0.25, 0.3) is 0 Å². The lowest BCUT2D eigenvalue weighted by atomic mass is 10.2. The van der Waals surface area contributed by atoms with Crippen molar-refractivity contribution in [3.63, 3.8) is 0 Å². The number of hydrogen-bond donors (Lipinski definition) is 5. The summed E-state index contributed by atoms with van der Waals surface area (Å²) in [5, 5.41) is 8.15. The summed E-state index contributed by atoms with van der Waals surface area (Å²) in [6.07, 6.45) is -0.0880. The Labute approximate surface area is 79.6 Å². The monoisotopic (exact) mass is 229 g/mol. The standard InChI is InChI=1S/C5H9NO3.H3O4P/c1-3(7)2-4(6)5(8)9;1-5(2,3)4/h4H,2,6H2,1H3,(H,8,9);(H3,1,2,3,4). The third-order valence-corrected chi connectivity index (χ3v) is 0.825. The molecule has 0 aliphatic carbocycles. The van der Waals surface area contributed by atoms with E-state index in [0.717, 1.165) is 0 Å². The molecule has 84 valence electrons. The van der Waals surface area contributed by atoms with E-state index >= 15 is 0 Å². The number of carbonyl (C=O) groups is 2. The largest absolute Gasteiger partial charge is 0.480 e. The van der Waals surface area contributed by atoms with Crippen LogP contribution in [-0.2, 0) is 14.2 Å². The summed E-state index contributed by atoms with van der Waals surface area (Å²) >= 11 is 0. The SMILES string of the molecule is CC(=O)CC(N)C(=O)O.O=P(O)(O)O. The Morgan fingerprint density at radius 2 is 1.64 bits per heavy atom. The number of ketones is 1. The zero-order valence-corrected chi connectivity index (χ0v) is 8.22. The summed E-state index contributed by atoms with van der Waals surface area (Å²) in [5.74, 6) is -1.34. The van der Waals surface area contributed by atoms with Crippen LogP contribution >= 0.6 is 7.82 Å². The first-order valence-electron chi connectivity index (χ1n) is 3.30. The van der Waals surface area contributed by atoms with Crippen LogP contribution < -0.4 is 5.73 Å². The van der Waals surface area contributed by atoms with E-state index in [1.165, 1.54) is 6.92 Å². The molecule has 0 fully saturated rings. The second-order valence-corrected chi connectivity index (χ2v) is 3.39. The quantitative estimate of drug-likeness (QED) is 0.363. The van der Waals surface area contributed by atoms with Gasteiger partial charge in [-0.1, -0.05) is 0 Å². The van der Waals surface area contributed by atoms with Gasteiger partial charge >= 0.3 is 13.8 Å². The van der Waals surface area contributed by atoms with Crippen molar-refractivity contribution in [3.8, 4) is 0 Å². The first-order valence-corrected chi connectivity index (χ1v) is 4.86. The van der Waals surface area contributed by atoms with E-state index in [4.69, 9.17) is 30.1 Å². The van der Waals surface area contributed by atoms with E-state index in [1.807, 2.05) is 0 Å². The lowest BCUT2D eigenvalue weighted by molar-refractivity contribution is -0.140. The van der Waals surface area contributed by atoms with Crippen LogP contribution in [0.1, 0.15) is 13.3 Å². The van der Waals surface area contributed by atoms with E-state index in [1.54, 1.807) is 0 Å². The maximum absolute atomic E-state index is 10.2. The van der Waals surface area contributed by atoms with E-state index in [2.05, 4.69) is 0 Å². The number of hydrogen-bond acceptors (Lipinski definition) is 4. The summed E-state index contributed by atoms with van der Waals surface area (Å²) in [6.45, 7) is 1.31. The van der Waals surface area contributed by atoms with Crippen LogP contribution in [0.3, 0.4) is 0 Å². The van der Waals surface area contributed by atoms with Crippen molar-refractivity contribution in [2.75, 3.05) is 0 Å². The summed E-state index contributed by atoms with van der Waals surface area (Å²) < 4.78 is 8.88. The third kappa shape index (κ3) is 22.5. The fourth-order valence-corrected chi connectivity index (χ4v) is 0.397. The van der Waals surface area contributed by atoms with Crippen LogP contribution in [0, 0.1) is 0 Å². The molecule has 8 nitrogen and oxygen atoms in total. The molecule has 14 heavy (non-hydrogen) atoms. The fraction of sp³-hybridized carbons (Fsp3) is 0.600. The van der Waals surface area contributed by atoms with Gasteiger partial charge in [-0.15, -0.1) is 0 Å². The lowest BCUT2D eigenvalue weighted by Crippen LogP contribution is -2.31. The second-order valence-electron chi connectivity index (χ2n) is 2.36. The maximum atomic E-state index is 10.2. The number of carbonyl (C=O) groups excluding carboxylic acids is 1. The molecule has 0 bridgehead atoms. The highest BCUT2D eigenvalue weighted by Crippen LogP contribution is 2.25. The van der Waals surface area contributed by atoms with Crippen molar-refractivity contribution in [1.29, 1.82) is 0 Å². The minimum atomic E-state index is -4.64. The van der Waals surface area contributed by atoms with Crippen molar-refractivity contribution in [3.05, 3.63) is 0 Å². The zero-order chi connectivity index (χ0) is 11.9. The fourth-order valence-electron chi connectivity index (χ4n) is 0.397. The number of carboxylic acids is 1. The van der Waals surface area contributed by atoms with Crippen LogP contribution in [0.15, 0.2) is 0 Å². The van der Waals surface area contributed by atoms with Gasteiger partial charge in [0.2, 0.25) is 0 Å². The molecule has 0 saturated heterocycles. The van der Waals surface area contributed by atoms with Crippen molar-refractivity contribution in [2.45, 2.75) is 19.4 Å². The van der Waals surface area contributed by atoms with Crippen molar-refractivity contribution in [2.24, 2.45) is 5.73 Å². The van der Waals surface area contributed by atoms with E-state index in [0.29, 0.717) is 0 Å². The molecule has 0 aromatic carbocycles. The molecule has 1 unspecified atom stereocenters. The second kappa shape index (κ2) is 6.63. The number of rotatable bonds is 3. The Morgan fingerprint density at radius 3 is 1.71 bits per heavy atom. The van der Waals surface area contributed by atoms with Gasteiger partial charge in [-0.25, -0.2) is 4.57 Å². The summed E-state index contributed by atoms with van der Waals surface area (Å²) in [4.78, 5) is 41.7. The Hall–Kier alpha value is -0.790. The van der Waals surface area contributed by atoms with E-state index < -0.39 is 19.8 Å². The van der Waals surface area contributed by atoms with Crippen LogP contribution in [0.2, 0.25) is 0 Å². The Bertz CT molecular complexity index is 238. The lowest BCUT2D eigenvalue weighted by Gasteiger charge is -2.00. The smallest absolute Gasteiger partial charge is 0.466 e. The number of phosphoric acid groups is 1. The first-order chi connectivity index (χ1) is 6.04. The number of carboxylic acid groups (broad SMARTS) is 1. The minimum absolute atomic E-state index is 0.0880. The molecule has 1 atom stereocenters. The highest BCUT2D eigenvalue weighted by atomic mass is 31.2. The van der Waals surface area contributed by atoms with Gasteiger partial charge in [-0.3, -0.25) is 9.59 Å². The Kier molecular flexibility index (Phi) is 7.42.